The molecule has 2 aliphatic heterocycles. The van der Waals surface area contributed by atoms with Gasteiger partial charge in [0.25, 0.3) is 0 Å². The van der Waals surface area contributed by atoms with E-state index < -0.39 is 15.1 Å². The van der Waals surface area contributed by atoms with Gasteiger partial charge in [-0.15, -0.1) is 0 Å². The quantitative estimate of drug-likeness (QED) is 0.564. The Morgan fingerprint density at radius 1 is 1.04 bits per heavy atom. The van der Waals surface area contributed by atoms with Crippen LogP contribution in [0.3, 0.4) is 0 Å². The van der Waals surface area contributed by atoms with E-state index in [0.717, 1.165) is 12.8 Å². The smallest absolute Gasteiger partial charge is 0.233 e. The van der Waals surface area contributed by atoms with Crippen molar-refractivity contribution in [2.45, 2.75) is 53.1 Å². The van der Waals surface area contributed by atoms with Crippen LogP contribution in [0.25, 0.3) is 0 Å². The molecule has 2 bridgehead atoms. The van der Waals surface area contributed by atoms with Crippen LogP contribution in [-0.2, 0) is 14.6 Å². The van der Waals surface area contributed by atoms with Crippen molar-refractivity contribution in [3.05, 3.63) is 48.8 Å². The van der Waals surface area contributed by atoms with Crippen LogP contribution in [0.15, 0.2) is 58.8 Å². The maximum Gasteiger partial charge on any atom is 0.233 e. The van der Waals surface area contributed by atoms with E-state index in [1.807, 2.05) is 11.0 Å². The number of sulfone groups is 1. The molecule has 1 aromatic carbocycles. The predicted molar refractivity (Wildman–Crippen MR) is 103 cm³/mol. The van der Waals surface area contributed by atoms with Gasteiger partial charge in [0.1, 0.15) is 0 Å². The van der Waals surface area contributed by atoms with Gasteiger partial charge in [0, 0.05) is 24.5 Å². The SMILES string of the molecule is O=C(CSc1ncccn1)N1C2CCC1CC(S(=O)(=O)c1ccccc1)C2. The molecule has 6 nitrogen and oxygen atoms in total. The molecule has 142 valence electrons. The minimum Gasteiger partial charge on any atom is -0.336 e. The van der Waals surface area contributed by atoms with Gasteiger partial charge in [-0.25, -0.2) is 18.4 Å². The maximum absolute atomic E-state index is 13.0. The number of thioether (sulfide) groups is 1. The number of fused-ring (bicyclic) bond motifs is 2. The molecule has 2 aliphatic rings. The van der Waals surface area contributed by atoms with Gasteiger partial charge in [-0.3, -0.25) is 4.79 Å². The molecule has 0 spiro atoms. The number of piperidine rings is 1. The number of hydrogen-bond acceptors (Lipinski definition) is 6. The molecule has 8 heteroatoms. The van der Waals surface area contributed by atoms with Crippen molar-refractivity contribution in [2.75, 3.05) is 5.75 Å². The molecule has 0 aliphatic carbocycles. The van der Waals surface area contributed by atoms with E-state index in [1.54, 1.807) is 42.7 Å². The highest BCUT2D eigenvalue weighted by Crippen LogP contribution is 2.40. The molecule has 1 aromatic heterocycles. The second-order valence-electron chi connectivity index (χ2n) is 6.96. The minimum atomic E-state index is -3.36. The first-order chi connectivity index (χ1) is 13.1. The van der Waals surface area contributed by atoms with Crippen molar-refractivity contribution in [1.82, 2.24) is 14.9 Å². The van der Waals surface area contributed by atoms with E-state index >= 15 is 0 Å². The Balaban J connectivity index is 1.44. The lowest BCUT2D eigenvalue weighted by Crippen LogP contribution is -2.50. The Labute approximate surface area is 163 Å². The van der Waals surface area contributed by atoms with Crippen LogP contribution in [0.4, 0.5) is 0 Å². The Kier molecular flexibility index (Phi) is 5.19. The zero-order valence-electron chi connectivity index (χ0n) is 14.8. The van der Waals surface area contributed by atoms with Crippen molar-refractivity contribution >= 4 is 27.5 Å². The molecule has 4 rings (SSSR count). The summed E-state index contributed by atoms with van der Waals surface area (Å²) in [6.07, 6.45) is 6.11. The number of amides is 1. The number of nitrogens with zero attached hydrogens (tertiary/aromatic N) is 3. The van der Waals surface area contributed by atoms with Crippen LogP contribution in [0, 0.1) is 0 Å². The molecule has 2 fully saturated rings. The summed E-state index contributed by atoms with van der Waals surface area (Å²) in [6, 6.07) is 10.4. The zero-order valence-corrected chi connectivity index (χ0v) is 16.4. The molecule has 2 saturated heterocycles. The van der Waals surface area contributed by atoms with Gasteiger partial charge in [-0.1, -0.05) is 30.0 Å². The van der Waals surface area contributed by atoms with E-state index in [4.69, 9.17) is 0 Å². The van der Waals surface area contributed by atoms with Crippen LogP contribution in [0.5, 0.6) is 0 Å². The second-order valence-corrected chi connectivity index (χ2v) is 10.1. The summed E-state index contributed by atoms with van der Waals surface area (Å²) >= 11 is 1.33. The zero-order chi connectivity index (χ0) is 18.9. The van der Waals surface area contributed by atoms with Gasteiger partial charge in [-0.2, -0.15) is 0 Å². The third-order valence-electron chi connectivity index (χ3n) is 5.36. The molecule has 2 unspecified atom stereocenters. The number of carbonyl (C=O) groups is 1. The molecule has 0 radical (unpaired) electrons. The molecule has 3 heterocycles. The first-order valence-corrected chi connectivity index (χ1v) is 11.6. The highest BCUT2D eigenvalue weighted by Gasteiger charge is 2.46. The summed E-state index contributed by atoms with van der Waals surface area (Å²) in [4.78, 5) is 23.3. The minimum absolute atomic E-state index is 0.0111. The second kappa shape index (κ2) is 7.59. The van der Waals surface area contributed by atoms with Gasteiger partial charge in [0.15, 0.2) is 15.0 Å². The van der Waals surface area contributed by atoms with Crippen LogP contribution in [0.1, 0.15) is 25.7 Å². The third kappa shape index (κ3) is 3.73. The number of carbonyl (C=O) groups excluding carboxylic acids is 1. The number of aromatic nitrogens is 2. The van der Waals surface area contributed by atoms with Gasteiger partial charge in [-0.05, 0) is 43.9 Å². The highest BCUT2D eigenvalue weighted by atomic mass is 32.2. The lowest BCUT2D eigenvalue weighted by molar-refractivity contribution is -0.132. The summed E-state index contributed by atoms with van der Waals surface area (Å²) in [5.41, 5.74) is 0. The summed E-state index contributed by atoms with van der Waals surface area (Å²) in [7, 11) is -3.36. The Morgan fingerprint density at radius 3 is 2.30 bits per heavy atom. The van der Waals surface area contributed by atoms with Crippen LogP contribution < -0.4 is 0 Å². The molecular formula is C19H21N3O3S2. The fourth-order valence-electron chi connectivity index (χ4n) is 4.15. The Bertz CT molecular complexity index is 892. The average molecular weight is 404 g/mol. The fraction of sp³-hybridized carbons (Fsp3) is 0.421. The molecule has 1 amide bonds. The first-order valence-electron chi connectivity index (χ1n) is 9.05. The number of benzene rings is 1. The summed E-state index contributed by atoms with van der Waals surface area (Å²) in [6.45, 7) is 0. The van der Waals surface area contributed by atoms with Gasteiger partial charge < -0.3 is 4.90 Å². The summed E-state index contributed by atoms with van der Waals surface area (Å²) in [5, 5.41) is 0.172. The van der Waals surface area contributed by atoms with E-state index in [9.17, 15) is 13.2 Å². The monoisotopic (exact) mass is 403 g/mol. The number of hydrogen-bond donors (Lipinski definition) is 0. The lowest BCUT2D eigenvalue weighted by atomic mass is 10.0. The van der Waals surface area contributed by atoms with Crippen molar-refractivity contribution in [1.29, 1.82) is 0 Å². The predicted octanol–water partition coefficient (Wildman–Crippen LogP) is 2.56. The first kappa shape index (κ1) is 18.4. The van der Waals surface area contributed by atoms with E-state index in [-0.39, 0.29) is 23.7 Å². The molecule has 27 heavy (non-hydrogen) atoms. The molecular weight excluding hydrogens is 382 g/mol. The largest absolute Gasteiger partial charge is 0.336 e. The maximum atomic E-state index is 13.0. The average Bonchev–Trinajstić information content (AvgIpc) is 2.97. The molecule has 0 N–H and O–H groups in total. The standard InChI is InChI=1S/C19H21N3O3S2/c23-18(13-26-19-20-9-4-10-21-19)22-14-7-8-15(22)12-17(11-14)27(24,25)16-5-2-1-3-6-16/h1-6,9-10,14-15,17H,7-8,11-13H2. The van der Waals surface area contributed by atoms with Crippen molar-refractivity contribution in [3.63, 3.8) is 0 Å². The third-order valence-corrected chi connectivity index (χ3v) is 8.41. The topological polar surface area (TPSA) is 80.2 Å². The van der Waals surface area contributed by atoms with E-state index in [0.29, 0.717) is 22.9 Å². The van der Waals surface area contributed by atoms with Crippen molar-refractivity contribution < 1.29 is 13.2 Å². The lowest BCUT2D eigenvalue weighted by Gasteiger charge is -2.38. The van der Waals surface area contributed by atoms with Crippen molar-refractivity contribution in [3.8, 4) is 0 Å². The number of rotatable bonds is 5. The summed E-state index contributed by atoms with van der Waals surface area (Å²) < 4.78 is 25.9. The molecule has 2 atom stereocenters. The normalized spacial score (nSPS) is 24.7. The summed E-state index contributed by atoms with van der Waals surface area (Å²) in [5.74, 6) is 0.336. The van der Waals surface area contributed by atoms with Crippen LogP contribution >= 0.6 is 11.8 Å². The van der Waals surface area contributed by atoms with Gasteiger partial charge >= 0.3 is 0 Å². The molecule has 0 saturated carbocycles. The fourth-order valence-corrected chi connectivity index (χ4v) is 6.70. The van der Waals surface area contributed by atoms with E-state index in [2.05, 4.69) is 9.97 Å². The van der Waals surface area contributed by atoms with E-state index in [1.165, 1.54) is 11.8 Å². The van der Waals surface area contributed by atoms with Gasteiger partial charge in [0.2, 0.25) is 5.91 Å². The molecule has 2 aromatic rings. The van der Waals surface area contributed by atoms with Gasteiger partial charge in [0.05, 0.1) is 15.9 Å². The Morgan fingerprint density at radius 2 is 1.67 bits per heavy atom. The highest BCUT2D eigenvalue weighted by molar-refractivity contribution is 7.99. The van der Waals surface area contributed by atoms with Crippen molar-refractivity contribution in [2.24, 2.45) is 0 Å². The van der Waals surface area contributed by atoms with Crippen LogP contribution in [0.2, 0.25) is 0 Å². The Hall–Kier alpha value is -1.93. The van der Waals surface area contributed by atoms with Crippen LogP contribution in [-0.4, -0.2) is 52.3 Å².